The van der Waals surface area contributed by atoms with E-state index in [-0.39, 0.29) is 5.92 Å². The molecule has 0 aliphatic carbocycles. The molecule has 2 heterocycles. The van der Waals surface area contributed by atoms with Gasteiger partial charge >= 0.3 is 5.97 Å². The lowest BCUT2D eigenvalue weighted by Crippen LogP contribution is -2.46. The fourth-order valence-electron chi connectivity index (χ4n) is 3.68. The molecule has 124 valence electrons. The Labute approximate surface area is 136 Å². The lowest BCUT2D eigenvalue weighted by atomic mass is 9.76. The van der Waals surface area contributed by atoms with E-state index in [9.17, 15) is 9.90 Å². The van der Waals surface area contributed by atoms with E-state index in [4.69, 9.17) is 9.47 Å². The first-order valence-electron chi connectivity index (χ1n) is 8.01. The fourth-order valence-corrected chi connectivity index (χ4v) is 3.68. The fraction of sp³-hybridized carbons (Fsp3) is 0.500. The Bertz CT molecular complexity index is 588. The number of para-hydroxylation sites is 1. The second kappa shape index (κ2) is 6.72. The van der Waals surface area contributed by atoms with E-state index in [1.165, 1.54) is 0 Å². The van der Waals surface area contributed by atoms with E-state index in [1.807, 2.05) is 24.3 Å². The predicted octanol–water partition coefficient (Wildman–Crippen LogP) is 2.17. The van der Waals surface area contributed by atoms with Gasteiger partial charge in [-0.05, 0) is 18.4 Å². The SMILES string of the molecule is C=CCOc1ccccc1CN1C[C@@H]2CCOC[C@]2(C(=O)O)C1. The van der Waals surface area contributed by atoms with Gasteiger partial charge in [0.1, 0.15) is 17.8 Å². The average molecular weight is 317 g/mol. The molecule has 0 amide bonds. The average Bonchev–Trinajstić information content (AvgIpc) is 2.93. The lowest BCUT2D eigenvalue weighted by molar-refractivity contribution is -0.159. The summed E-state index contributed by atoms with van der Waals surface area (Å²) in [7, 11) is 0. The van der Waals surface area contributed by atoms with Crippen LogP contribution >= 0.6 is 0 Å². The summed E-state index contributed by atoms with van der Waals surface area (Å²) >= 11 is 0. The van der Waals surface area contributed by atoms with Crippen molar-refractivity contribution in [2.75, 3.05) is 32.9 Å². The van der Waals surface area contributed by atoms with Gasteiger partial charge in [-0.3, -0.25) is 9.69 Å². The van der Waals surface area contributed by atoms with Gasteiger partial charge in [0, 0.05) is 31.8 Å². The van der Waals surface area contributed by atoms with Crippen LogP contribution in [0.2, 0.25) is 0 Å². The summed E-state index contributed by atoms with van der Waals surface area (Å²) in [6, 6.07) is 7.90. The molecule has 1 aromatic rings. The highest BCUT2D eigenvalue weighted by atomic mass is 16.5. The van der Waals surface area contributed by atoms with Crippen LogP contribution in [0.5, 0.6) is 5.75 Å². The Balaban J connectivity index is 1.75. The van der Waals surface area contributed by atoms with Crippen molar-refractivity contribution < 1.29 is 19.4 Å². The van der Waals surface area contributed by atoms with Crippen LogP contribution in [0.1, 0.15) is 12.0 Å². The van der Waals surface area contributed by atoms with Crippen molar-refractivity contribution in [1.29, 1.82) is 0 Å². The normalized spacial score (nSPS) is 27.4. The minimum atomic E-state index is -0.755. The van der Waals surface area contributed by atoms with Gasteiger partial charge in [-0.1, -0.05) is 30.9 Å². The van der Waals surface area contributed by atoms with Crippen LogP contribution in [-0.4, -0.2) is 48.9 Å². The highest BCUT2D eigenvalue weighted by Crippen LogP contribution is 2.42. The van der Waals surface area contributed by atoms with Crippen LogP contribution in [0.3, 0.4) is 0 Å². The number of likely N-dealkylation sites (tertiary alicyclic amines) is 1. The van der Waals surface area contributed by atoms with E-state index in [0.29, 0.717) is 32.9 Å². The minimum Gasteiger partial charge on any atom is -0.489 e. The van der Waals surface area contributed by atoms with Gasteiger partial charge in [0.05, 0.1) is 6.61 Å². The van der Waals surface area contributed by atoms with Crippen LogP contribution in [0, 0.1) is 11.3 Å². The van der Waals surface area contributed by atoms with E-state index in [1.54, 1.807) is 6.08 Å². The molecule has 0 bridgehead atoms. The number of fused-ring (bicyclic) bond motifs is 1. The van der Waals surface area contributed by atoms with Crippen molar-refractivity contribution in [2.45, 2.75) is 13.0 Å². The Morgan fingerprint density at radius 1 is 1.52 bits per heavy atom. The number of nitrogens with zero attached hydrogens (tertiary/aromatic N) is 1. The second-order valence-electron chi connectivity index (χ2n) is 6.38. The van der Waals surface area contributed by atoms with Crippen molar-refractivity contribution in [3.8, 4) is 5.75 Å². The number of aliphatic carboxylic acids is 1. The zero-order chi connectivity index (χ0) is 16.3. The molecule has 1 aromatic carbocycles. The van der Waals surface area contributed by atoms with Gasteiger partial charge in [0.15, 0.2) is 0 Å². The largest absolute Gasteiger partial charge is 0.489 e. The van der Waals surface area contributed by atoms with Gasteiger partial charge < -0.3 is 14.6 Å². The van der Waals surface area contributed by atoms with Crippen LogP contribution in [0.25, 0.3) is 0 Å². The summed E-state index contributed by atoms with van der Waals surface area (Å²) in [6.07, 6.45) is 2.54. The van der Waals surface area contributed by atoms with Gasteiger partial charge in [0.2, 0.25) is 0 Å². The van der Waals surface area contributed by atoms with Crippen LogP contribution in [-0.2, 0) is 16.1 Å². The minimum absolute atomic E-state index is 0.162. The Morgan fingerprint density at radius 2 is 2.35 bits per heavy atom. The molecule has 0 unspecified atom stereocenters. The maximum absolute atomic E-state index is 11.8. The number of carboxylic acid groups (broad SMARTS) is 1. The van der Waals surface area contributed by atoms with Gasteiger partial charge in [0.25, 0.3) is 0 Å². The quantitative estimate of drug-likeness (QED) is 0.815. The molecule has 23 heavy (non-hydrogen) atoms. The Morgan fingerprint density at radius 3 is 3.09 bits per heavy atom. The van der Waals surface area contributed by atoms with Crippen molar-refractivity contribution in [3.63, 3.8) is 0 Å². The summed E-state index contributed by atoms with van der Waals surface area (Å²) in [5.41, 5.74) is 0.323. The lowest BCUT2D eigenvalue weighted by Gasteiger charge is -2.34. The Kier molecular flexibility index (Phi) is 4.68. The maximum atomic E-state index is 11.8. The summed E-state index contributed by atoms with van der Waals surface area (Å²) < 4.78 is 11.2. The van der Waals surface area contributed by atoms with Gasteiger partial charge in [-0.25, -0.2) is 0 Å². The van der Waals surface area contributed by atoms with Crippen LogP contribution in [0.15, 0.2) is 36.9 Å². The van der Waals surface area contributed by atoms with E-state index >= 15 is 0 Å². The van der Waals surface area contributed by atoms with Crippen molar-refractivity contribution >= 4 is 5.97 Å². The molecule has 3 rings (SSSR count). The van der Waals surface area contributed by atoms with E-state index in [2.05, 4.69) is 11.5 Å². The molecule has 2 fully saturated rings. The van der Waals surface area contributed by atoms with Crippen molar-refractivity contribution in [3.05, 3.63) is 42.5 Å². The van der Waals surface area contributed by atoms with Crippen molar-refractivity contribution in [2.24, 2.45) is 11.3 Å². The summed E-state index contributed by atoms with van der Waals surface area (Å²) in [5, 5.41) is 9.71. The zero-order valence-corrected chi connectivity index (χ0v) is 13.2. The van der Waals surface area contributed by atoms with E-state index in [0.717, 1.165) is 24.3 Å². The van der Waals surface area contributed by atoms with Crippen LogP contribution < -0.4 is 4.74 Å². The summed E-state index contributed by atoms with van der Waals surface area (Å²) in [6.45, 7) is 7.13. The smallest absolute Gasteiger partial charge is 0.313 e. The van der Waals surface area contributed by atoms with Gasteiger partial charge in [-0.2, -0.15) is 0 Å². The van der Waals surface area contributed by atoms with Crippen LogP contribution in [0.4, 0.5) is 0 Å². The molecule has 5 nitrogen and oxygen atoms in total. The highest BCUT2D eigenvalue weighted by Gasteiger charge is 2.53. The first-order valence-corrected chi connectivity index (χ1v) is 8.01. The molecule has 0 aromatic heterocycles. The molecule has 0 spiro atoms. The molecular formula is C18H23NO4. The molecule has 2 saturated heterocycles. The molecule has 2 atom stereocenters. The topological polar surface area (TPSA) is 59.0 Å². The number of rotatable bonds is 6. The van der Waals surface area contributed by atoms with Gasteiger partial charge in [-0.15, -0.1) is 0 Å². The monoisotopic (exact) mass is 317 g/mol. The molecule has 2 aliphatic rings. The first kappa shape index (κ1) is 16.0. The maximum Gasteiger partial charge on any atom is 0.313 e. The number of ether oxygens (including phenoxy) is 2. The summed E-state index contributed by atoms with van der Waals surface area (Å²) in [5.74, 6) is 0.263. The highest BCUT2D eigenvalue weighted by molar-refractivity contribution is 5.76. The number of hydrogen-bond donors (Lipinski definition) is 1. The molecule has 2 aliphatic heterocycles. The molecule has 0 saturated carbocycles. The summed E-state index contributed by atoms with van der Waals surface area (Å²) in [4.78, 5) is 14.0. The number of carboxylic acids is 1. The molecule has 5 heteroatoms. The first-order chi connectivity index (χ1) is 11.2. The third kappa shape index (κ3) is 3.12. The number of hydrogen-bond acceptors (Lipinski definition) is 4. The second-order valence-corrected chi connectivity index (χ2v) is 6.38. The number of carbonyl (C=O) groups is 1. The van der Waals surface area contributed by atoms with E-state index < -0.39 is 11.4 Å². The number of benzene rings is 1. The zero-order valence-electron chi connectivity index (χ0n) is 13.2. The molecule has 1 N–H and O–H groups in total. The third-order valence-electron chi connectivity index (χ3n) is 4.89. The predicted molar refractivity (Wildman–Crippen MR) is 86.4 cm³/mol. The molecule has 0 radical (unpaired) electrons. The van der Waals surface area contributed by atoms with Crippen molar-refractivity contribution in [1.82, 2.24) is 4.90 Å². The Hall–Kier alpha value is -1.85. The molecular weight excluding hydrogens is 294 g/mol. The standard InChI is InChI=1S/C18H23NO4/c1-2-8-23-16-6-4-3-5-14(16)10-19-11-15-7-9-22-13-18(15,12-19)17(20)21/h2-6,15H,1,7-13H2,(H,20,21)/t15-,18+/m0/s1. The third-order valence-corrected chi connectivity index (χ3v) is 4.89.